The molecule has 0 saturated heterocycles. The van der Waals surface area contributed by atoms with Crippen molar-refractivity contribution in [3.63, 3.8) is 0 Å². The normalized spacial score (nSPS) is 17.4. The minimum absolute atomic E-state index is 0.301. The second-order valence-corrected chi connectivity index (χ2v) is 5.63. The predicted octanol–water partition coefficient (Wildman–Crippen LogP) is 2.90. The Morgan fingerprint density at radius 3 is 2.76 bits per heavy atom. The first-order chi connectivity index (χ1) is 8.15. The van der Waals surface area contributed by atoms with Gasteiger partial charge in [-0.1, -0.05) is 42.6 Å². The summed E-state index contributed by atoms with van der Waals surface area (Å²) >= 11 is 6.14. The molecule has 0 aliphatic heterocycles. The lowest BCUT2D eigenvalue weighted by Gasteiger charge is -2.21. The molecule has 1 aliphatic rings. The van der Waals surface area contributed by atoms with E-state index < -0.39 is 0 Å². The molecule has 0 bridgehead atoms. The third kappa shape index (κ3) is 4.30. The Hall–Kier alpha value is -0.570. The highest BCUT2D eigenvalue weighted by Gasteiger charge is 2.24. The fourth-order valence-corrected chi connectivity index (χ4v) is 2.43. The molecule has 1 unspecified atom stereocenters. The van der Waals surface area contributed by atoms with Gasteiger partial charge in [0.05, 0.1) is 0 Å². The number of nitrogens with zero attached hydrogens (tertiary/aromatic N) is 1. The van der Waals surface area contributed by atoms with Crippen LogP contribution in [-0.4, -0.2) is 24.5 Å². The molecule has 1 saturated carbocycles. The quantitative estimate of drug-likeness (QED) is 0.844. The van der Waals surface area contributed by atoms with E-state index in [9.17, 15) is 0 Å². The summed E-state index contributed by atoms with van der Waals surface area (Å²) in [5.41, 5.74) is 7.31. The topological polar surface area (TPSA) is 29.3 Å². The maximum atomic E-state index is 6.14. The lowest BCUT2D eigenvalue weighted by atomic mass is 10.1. The summed E-state index contributed by atoms with van der Waals surface area (Å²) < 4.78 is 0. The first-order valence-electron chi connectivity index (χ1n) is 6.32. The van der Waals surface area contributed by atoms with Crippen LogP contribution < -0.4 is 5.73 Å². The van der Waals surface area contributed by atoms with Crippen LogP contribution in [0.15, 0.2) is 24.3 Å². The molecule has 17 heavy (non-hydrogen) atoms. The van der Waals surface area contributed by atoms with E-state index in [0.29, 0.717) is 6.04 Å². The van der Waals surface area contributed by atoms with Crippen LogP contribution in [0.3, 0.4) is 0 Å². The first-order valence-corrected chi connectivity index (χ1v) is 6.70. The van der Waals surface area contributed by atoms with Crippen LogP contribution in [0.4, 0.5) is 0 Å². The average molecular weight is 253 g/mol. The van der Waals surface area contributed by atoms with Gasteiger partial charge >= 0.3 is 0 Å². The van der Waals surface area contributed by atoms with Gasteiger partial charge in [0.25, 0.3) is 0 Å². The number of hydrogen-bond donors (Lipinski definition) is 1. The van der Waals surface area contributed by atoms with E-state index in [2.05, 4.69) is 18.0 Å². The number of halogens is 1. The Labute approximate surface area is 109 Å². The van der Waals surface area contributed by atoms with Gasteiger partial charge < -0.3 is 10.6 Å². The number of likely N-dealkylation sites (N-methyl/N-ethyl adjacent to an activating group) is 1. The van der Waals surface area contributed by atoms with Crippen LogP contribution in [0.25, 0.3) is 0 Å². The van der Waals surface area contributed by atoms with Crippen molar-refractivity contribution in [1.82, 2.24) is 4.90 Å². The summed E-state index contributed by atoms with van der Waals surface area (Å²) in [6.45, 7) is 1.82. The molecule has 1 atom stereocenters. The second-order valence-electron chi connectivity index (χ2n) is 5.23. The zero-order chi connectivity index (χ0) is 12.3. The largest absolute Gasteiger partial charge is 0.327 e. The van der Waals surface area contributed by atoms with Crippen LogP contribution in [0, 0.1) is 5.92 Å². The summed E-state index contributed by atoms with van der Waals surface area (Å²) in [5, 5.41) is 0.843. The van der Waals surface area contributed by atoms with Crippen LogP contribution >= 0.6 is 11.6 Å². The molecule has 1 fully saturated rings. The van der Waals surface area contributed by atoms with E-state index in [1.807, 2.05) is 18.2 Å². The SMILES string of the molecule is CN(Cc1ccccc1Cl)CC(N)CC1CC1. The van der Waals surface area contributed by atoms with E-state index >= 15 is 0 Å². The average Bonchev–Trinajstić information content (AvgIpc) is 3.05. The Morgan fingerprint density at radius 2 is 2.12 bits per heavy atom. The van der Waals surface area contributed by atoms with Gasteiger partial charge in [-0.05, 0) is 31.0 Å². The second kappa shape index (κ2) is 5.85. The Bertz CT molecular complexity index is 363. The third-order valence-electron chi connectivity index (χ3n) is 3.28. The predicted molar refractivity (Wildman–Crippen MR) is 73.1 cm³/mol. The Morgan fingerprint density at radius 1 is 1.41 bits per heavy atom. The summed E-state index contributed by atoms with van der Waals surface area (Å²) in [6.07, 6.45) is 3.93. The van der Waals surface area contributed by atoms with Gasteiger partial charge in [0.15, 0.2) is 0 Å². The summed E-state index contributed by atoms with van der Waals surface area (Å²) in [6, 6.07) is 8.30. The highest BCUT2D eigenvalue weighted by Crippen LogP contribution is 2.33. The monoisotopic (exact) mass is 252 g/mol. The molecule has 1 aromatic rings. The summed E-state index contributed by atoms with van der Waals surface area (Å²) in [7, 11) is 2.11. The van der Waals surface area contributed by atoms with Gasteiger partial charge in [0.1, 0.15) is 0 Å². The van der Waals surface area contributed by atoms with Crippen molar-refractivity contribution in [2.75, 3.05) is 13.6 Å². The molecule has 0 amide bonds. The maximum Gasteiger partial charge on any atom is 0.0451 e. The zero-order valence-electron chi connectivity index (χ0n) is 10.4. The fourth-order valence-electron chi connectivity index (χ4n) is 2.24. The van der Waals surface area contributed by atoms with Gasteiger partial charge in [-0.2, -0.15) is 0 Å². The van der Waals surface area contributed by atoms with Crippen molar-refractivity contribution in [2.24, 2.45) is 11.7 Å². The van der Waals surface area contributed by atoms with E-state index in [-0.39, 0.29) is 0 Å². The van der Waals surface area contributed by atoms with Crippen molar-refractivity contribution < 1.29 is 0 Å². The van der Waals surface area contributed by atoms with Gasteiger partial charge in [0, 0.05) is 24.2 Å². The summed E-state index contributed by atoms with van der Waals surface area (Å²) in [4.78, 5) is 2.26. The van der Waals surface area contributed by atoms with Gasteiger partial charge in [-0.15, -0.1) is 0 Å². The van der Waals surface area contributed by atoms with Gasteiger partial charge in [-0.25, -0.2) is 0 Å². The molecule has 94 valence electrons. The molecule has 0 aromatic heterocycles. The van der Waals surface area contributed by atoms with E-state index in [4.69, 9.17) is 17.3 Å². The molecule has 0 radical (unpaired) electrons. The van der Waals surface area contributed by atoms with Crippen molar-refractivity contribution in [3.8, 4) is 0 Å². The van der Waals surface area contributed by atoms with Gasteiger partial charge in [0.2, 0.25) is 0 Å². The van der Waals surface area contributed by atoms with E-state index in [1.165, 1.54) is 24.8 Å². The highest BCUT2D eigenvalue weighted by atomic mass is 35.5. The number of benzene rings is 1. The smallest absolute Gasteiger partial charge is 0.0451 e. The molecule has 3 heteroatoms. The van der Waals surface area contributed by atoms with E-state index in [1.54, 1.807) is 0 Å². The Kier molecular flexibility index (Phi) is 4.43. The van der Waals surface area contributed by atoms with Gasteiger partial charge in [-0.3, -0.25) is 0 Å². The molecule has 2 nitrogen and oxygen atoms in total. The lowest BCUT2D eigenvalue weighted by Crippen LogP contribution is -2.35. The first kappa shape index (κ1) is 12.9. The Balaban J connectivity index is 1.79. The van der Waals surface area contributed by atoms with Crippen LogP contribution in [0.2, 0.25) is 5.02 Å². The number of rotatable bonds is 6. The van der Waals surface area contributed by atoms with Crippen molar-refractivity contribution in [1.29, 1.82) is 0 Å². The highest BCUT2D eigenvalue weighted by molar-refractivity contribution is 6.31. The molecule has 1 aliphatic carbocycles. The fraction of sp³-hybridized carbons (Fsp3) is 0.571. The van der Waals surface area contributed by atoms with Crippen molar-refractivity contribution in [3.05, 3.63) is 34.9 Å². The molecular weight excluding hydrogens is 232 g/mol. The third-order valence-corrected chi connectivity index (χ3v) is 3.65. The molecule has 1 aromatic carbocycles. The van der Waals surface area contributed by atoms with Crippen LogP contribution in [0.1, 0.15) is 24.8 Å². The molecule has 2 rings (SSSR count). The van der Waals surface area contributed by atoms with Crippen LogP contribution in [0.5, 0.6) is 0 Å². The van der Waals surface area contributed by atoms with E-state index in [0.717, 1.165) is 24.0 Å². The number of hydrogen-bond acceptors (Lipinski definition) is 2. The molecule has 2 N–H and O–H groups in total. The molecular formula is C14H21ClN2. The number of nitrogens with two attached hydrogens (primary N) is 1. The summed E-state index contributed by atoms with van der Waals surface area (Å²) in [5.74, 6) is 0.902. The molecule has 0 heterocycles. The van der Waals surface area contributed by atoms with Crippen molar-refractivity contribution in [2.45, 2.75) is 31.8 Å². The standard InChI is InChI=1S/C14H21ClN2/c1-17(10-13(16)8-11-6-7-11)9-12-4-2-3-5-14(12)15/h2-5,11,13H,6-10,16H2,1H3. The minimum Gasteiger partial charge on any atom is -0.327 e. The zero-order valence-corrected chi connectivity index (χ0v) is 11.2. The maximum absolute atomic E-state index is 6.14. The minimum atomic E-state index is 0.301. The lowest BCUT2D eigenvalue weighted by molar-refractivity contribution is 0.293. The van der Waals surface area contributed by atoms with Crippen molar-refractivity contribution >= 4 is 11.6 Å². The van der Waals surface area contributed by atoms with Crippen LogP contribution in [-0.2, 0) is 6.54 Å². The molecule has 0 spiro atoms.